The molecule has 1 aromatic carbocycles. The number of alkyl halides is 2. The number of pyridine rings is 1. The number of nitrogens with one attached hydrogen (secondary N) is 1. The van der Waals surface area contributed by atoms with Gasteiger partial charge in [0.15, 0.2) is 5.65 Å². The molecule has 2 aromatic heterocycles. The molecule has 1 aliphatic rings. The molecule has 0 aliphatic carbocycles. The summed E-state index contributed by atoms with van der Waals surface area (Å²) in [5, 5.41) is 3.75. The molecule has 0 spiro atoms. The average Bonchev–Trinajstić information content (AvgIpc) is 2.73. The maximum atomic E-state index is 14.6. The van der Waals surface area contributed by atoms with Crippen LogP contribution in [0.3, 0.4) is 0 Å². The van der Waals surface area contributed by atoms with Crippen molar-refractivity contribution in [3.8, 4) is 0 Å². The van der Waals surface area contributed by atoms with Gasteiger partial charge in [-0.3, -0.25) is 0 Å². The van der Waals surface area contributed by atoms with E-state index >= 15 is 0 Å². The number of hydrogen-bond donors (Lipinski definition) is 2. The van der Waals surface area contributed by atoms with Crippen LogP contribution in [0.5, 0.6) is 0 Å². The number of morpholine rings is 1. The van der Waals surface area contributed by atoms with E-state index in [0.717, 1.165) is 11.8 Å². The molecule has 10 heteroatoms. The van der Waals surface area contributed by atoms with E-state index in [1.807, 2.05) is 6.07 Å². The maximum Gasteiger partial charge on any atom is 0.266 e. The van der Waals surface area contributed by atoms with E-state index in [0.29, 0.717) is 54.8 Å². The second-order valence-corrected chi connectivity index (χ2v) is 7.40. The topological polar surface area (TPSA) is 89.2 Å². The Balaban J connectivity index is 1.74. The van der Waals surface area contributed by atoms with Gasteiger partial charge in [0.1, 0.15) is 23.3 Å². The summed E-state index contributed by atoms with van der Waals surface area (Å²) in [5.41, 5.74) is 6.82. The lowest BCUT2D eigenvalue weighted by molar-refractivity contribution is 0.123. The van der Waals surface area contributed by atoms with Crippen LogP contribution in [0.25, 0.3) is 11.0 Å². The van der Waals surface area contributed by atoms with Gasteiger partial charge in [-0.2, -0.15) is 0 Å². The molecular formula is C21H23F3N6O. The van der Waals surface area contributed by atoms with Gasteiger partial charge in [0.2, 0.25) is 0 Å². The van der Waals surface area contributed by atoms with Crippen LogP contribution in [0.15, 0.2) is 24.3 Å². The first-order valence-electron chi connectivity index (χ1n) is 9.95. The third-order valence-corrected chi connectivity index (χ3v) is 5.27. The van der Waals surface area contributed by atoms with Crippen LogP contribution in [0.4, 0.5) is 30.5 Å². The zero-order valence-electron chi connectivity index (χ0n) is 17.2. The number of aromatic nitrogens is 3. The molecule has 164 valence electrons. The Morgan fingerprint density at radius 2 is 1.84 bits per heavy atom. The first-order chi connectivity index (χ1) is 14.8. The number of anilines is 3. The van der Waals surface area contributed by atoms with Crippen molar-refractivity contribution in [2.75, 3.05) is 42.3 Å². The van der Waals surface area contributed by atoms with E-state index in [2.05, 4.69) is 25.2 Å². The predicted octanol–water partition coefficient (Wildman–Crippen LogP) is 4.00. The van der Waals surface area contributed by atoms with Gasteiger partial charge in [-0.25, -0.2) is 28.1 Å². The third-order valence-electron chi connectivity index (χ3n) is 5.27. The lowest BCUT2D eigenvalue weighted by Gasteiger charge is -2.29. The third kappa shape index (κ3) is 4.20. The van der Waals surface area contributed by atoms with E-state index in [-0.39, 0.29) is 5.56 Å². The Labute approximate surface area is 177 Å². The fourth-order valence-corrected chi connectivity index (χ4v) is 3.69. The summed E-state index contributed by atoms with van der Waals surface area (Å²) in [6.07, 6.45) is -2.89. The summed E-state index contributed by atoms with van der Waals surface area (Å²) in [6.45, 7) is 5.92. The van der Waals surface area contributed by atoms with E-state index in [9.17, 15) is 13.2 Å². The summed E-state index contributed by atoms with van der Waals surface area (Å²) in [6, 6.07) is 5.20. The number of fused-ring (bicyclic) bond motifs is 1. The number of benzene rings is 1. The number of hydrogen-bond acceptors (Lipinski definition) is 7. The summed E-state index contributed by atoms with van der Waals surface area (Å²) < 4.78 is 46.2. The summed E-state index contributed by atoms with van der Waals surface area (Å²) in [5.74, 6) is 0.306. The second-order valence-electron chi connectivity index (χ2n) is 7.40. The molecule has 0 amide bonds. The number of nitrogens with zero attached hydrogens (tertiary/aromatic N) is 4. The number of aryl methyl sites for hydroxylation is 1. The van der Waals surface area contributed by atoms with Crippen molar-refractivity contribution in [1.29, 1.82) is 0 Å². The van der Waals surface area contributed by atoms with Crippen LogP contribution in [-0.2, 0) is 4.74 Å². The van der Waals surface area contributed by atoms with Crippen LogP contribution >= 0.6 is 0 Å². The van der Waals surface area contributed by atoms with Crippen LogP contribution in [0, 0.1) is 12.7 Å². The van der Waals surface area contributed by atoms with Crippen molar-refractivity contribution in [2.24, 2.45) is 0 Å². The quantitative estimate of drug-likeness (QED) is 0.630. The van der Waals surface area contributed by atoms with E-state index in [1.54, 1.807) is 13.8 Å². The van der Waals surface area contributed by atoms with Gasteiger partial charge in [-0.05, 0) is 19.9 Å². The van der Waals surface area contributed by atoms with Crippen LogP contribution < -0.4 is 16.0 Å². The van der Waals surface area contributed by atoms with Gasteiger partial charge in [0.25, 0.3) is 6.43 Å². The minimum Gasteiger partial charge on any atom is -0.382 e. The highest BCUT2D eigenvalue weighted by Gasteiger charge is 2.22. The molecule has 1 atom stereocenters. The van der Waals surface area contributed by atoms with Crippen molar-refractivity contribution < 1.29 is 17.9 Å². The minimum absolute atomic E-state index is 0.124. The van der Waals surface area contributed by atoms with E-state index in [1.165, 1.54) is 12.1 Å². The molecule has 1 saturated heterocycles. The molecule has 1 unspecified atom stereocenters. The monoisotopic (exact) mass is 432 g/mol. The largest absolute Gasteiger partial charge is 0.382 e. The Morgan fingerprint density at radius 3 is 2.55 bits per heavy atom. The van der Waals surface area contributed by atoms with Crippen LogP contribution in [0.2, 0.25) is 0 Å². The van der Waals surface area contributed by atoms with Crippen LogP contribution in [0.1, 0.15) is 36.3 Å². The fourth-order valence-electron chi connectivity index (χ4n) is 3.69. The van der Waals surface area contributed by atoms with Crippen molar-refractivity contribution in [1.82, 2.24) is 15.0 Å². The highest BCUT2D eigenvalue weighted by atomic mass is 19.3. The average molecular weight is 432 g/mol. The van der Waals surface area contributed by atoms with Crippen molar-refractivity contribution >= 4 is 28.4 Å². The normalized spacial score (nSPS) is 15.5. The number of nitrogen functional groups attached to an aromatic ring is 1. The molecular weight excluding hydrogens is 409 g/mol. The first-order valence-corrected chi connectivity index (χ1v) is 9.95. The molecule has 0 saturated carbocycles. The smallest absolute Gasteiger partial charge is 0.266 e. The van der Waals surface area contributed by atoms with Crippen molar-refractivity contribution in [3.05, 3.63) is 47.0 Å². The molecule has 31 heavy (non-hydrogen) atoms. The van der Waals surface area contributed by atoms with Gasteiger partial charge in [0, 0.05) is 18.7 Å². The van der Waals surface area contributed by atoms with Gasteiger partial charge >= 0.3 is 0 Å². The highest BCUT2D eigenvalue weighted by molar-refractivity contribution is 5.92. The zero-order chi connectivity index (χ0) is 22.1. The van der Waals surface area contributed by atoms with Crippen molar-refractivity contribution in [3.63, 3.8) is 0 Å². The molecule has 1 fully saturated rings. The SMILES string of the molecule is Cc1nc(NC(C)c2cccc(C(F)F)c2F)c2cc(N3CCOCC3)c(N)nc2n1. The highest BCUT2D eigenvalue weighted by Crippen LogP contribution is 2.33. The maximum absolute atomic E-state index is 14.6. The van der Waals surface area contributed by atoms with E-state index < -0.39 is 23.8 Å². The Morgan fingerprint density at radius 1 is 1.13 bits per heavy atom. The molecule has 0 radical (unpaired) electrons. The lowest BCUT2D eigenvalue weighted by atomic mass is 10.0. The molecule has 0 bridgehead atoms. The molecule has 1 aliphatic heterocycles. The Hall–Kier alpha value is -3.14. The fraction of sp³-hybridized carbons (Fsp3) is 0.381. The lowest BCUT2D eigenvalue weighted by Crippen LogP contribution is -2.36. The van der Waals surface area contributed by atoms with Gasteiger partial charge < -0.3 is 20.7 Å². The minimum atomic E-state index is -2.89. The molecule has 3 aromatic rings. The Kier molecular flexibility index (Phi) is 5.81. The van der Waals surface area contributed by atoms with Crippen LogP contribution in [-0.4, -0.2) is 41.3 Å². The van der Waals surface area contributed by atoms with Gasteiger partial charge in [-0.1, -0.05) is 18.2 Å². The molecule has 3 heterocycles. The number of ether oxygens (including phenoxy) is 1. The van der Waals surface area contributed by atoms with E-state index in [4.69, 9.17) is 10.5 Å². The predicted molar refractivity (Wildman–Crippen MR) is 113 cm³/mol. The zero-order valence-corrected chi connectivity index (χ0v) is 17.2. The molecule has 7 nitrogen and oxygen atoms in total. The molecule has 4 rings (SSSR count). The summed E-state index contributed by atoms with van der Waals surface area (Å²) in [4.78, 5) is 15.3. The number of rotatable bonds is 5. The van der Waals surface area contributed by atoms with Gasteiger partial charge in [-0.15, -0.1) is 0 Å². The van der Waals surface area contributed by atoms with Gasteiger partial charge in [0.05, 0.1) is 35.9 Å². The number of halogens is 3. The standard InChI is InChI=1S/C21H23F3N6O/c1-11(13-4-3-5-14(17(13)22)18(23)24)26-20-15-10-16(30-6-8-31-9-7-30)19(25)29-21(15)28-12(2)27-20/h3-5,10-11,18H,6-9H2,1-2H3,(H3,25,26,27,28,29). The Bertz CT molecular complexity index is 1100. The molecule has 3 N–H and O–H groups in total. The summed E-state index contributed by atoms with van der Waals surface area (Å²) >= 11 is 0. The first kappa shape index (κ1) is 21.1. The second kappa shape index (κ2) is 8.54. The summed E-state index contributed by atoms with van der Waals surface area (Å²) in [7, 11) is 0. The van der Waals surface area contributed by atoms with Crippen molar-refractivity contribution in [2.45, 2.75) is 26.3 Å². The number of nitrogens with two attached hydrogens (primary N) is 1.